The van der Waals surface area contributed by atoms with E-state index in [0.29, 0.717) is 0 Å². The molecule has 1 aromatic heterocycles. The molecule has 0 atom stereocenters. The Bertz CT molecular complexity index is 3540. The Labute approximate surface area is 392 Å². The molecule has 316 valence electrons. The van der Waals surface area contributed by atoms with Gasteiger partial charge in [0, 0.05) is 27.8 Å². The van der Waals surface area contributed by atoms with E-state index < -0.39 is 8.07 Å². The van der Waals surface area contributed by atoms with Crippen molar-refractivity contribution in [1.29, 1.82) is 0 Å². The van der Waals surface area contributed by atoms with Gasteiger partial charge in [0.15, 0.2) is 8.07 Å². The quantitative estimate of drug-likeness (QED) is 0.0982. The monoisotopic (exact) mass is 870 g/mol. The summed E-state index contributed by atoms with van der Waals surface area (Å²) in [5.74, 6) is 0. The predicted molar refractivity (Wildman–Crippen MR) is 287 cm³/mol. The fraction of sp³-hybridized carbons (Fsp3) is 0. The molecule has 0 saturated heterocycles. The van der Waals surface area contributed by atoms with Gasteiger partial charge in [-0.15, -0.1) is 0 Å². The first-order chi connectivity index (χ1) is 33.3. The molecular formula is C64H46N2Si. The topological polar surface area (TPSA) is 8.17 Å². The summed E-state index contributed by atoms with van der Waals surface area (Å²) in [6, 6.07) is 103. The highest BCUT2D eigenvalue weighted by atomic mass is 28.3. The van der Waals surface area contributed by atoms with Gasteiger partial charge >= 0.3 is 0 Å². The smallest absolute Gasteiger partial charge is 0.179 e. The molecule has 0 aliphatic rings. The molecule has 0 bridgehead atoms. The minimum atomic E-state index is -2.75. The summed E-state index contributed by atoms with van der Waals surface area (Å²) in [4.78, 5) is 2.46. The van der Waals surface area contributed by atoms with Gasteiger partial charge in [-0.2, -0.15) is 0 Å². The van der Waals surface area contributed by atoms with Crippen LogP contribution in [0.3, 0.4) is 0 Å². The van der Waals surface area contributed by atoms with Gasteiger partial charge in [-0.25, -0.2) is 0 Å². The Hall–Kier alpha value is -8.50. The molecule has 0 aliphatic heterocycles. The lowest BCUT2D eigenvalue weighted by atomic mass is 9.98. The molecule has 0 fully saturated rings. The lowest BCUT2D eigenvalue weighted by Crippen LogP contribution is -2.74. The van der Waals surface area contributed by atoms with Crippen LogP contribution in [0.25, 0.3) is 60.5 Å². The summed E-state index contributed by atoms with van der Waals surface area (Å²) in [7, 11) is -2.75. The molecule has 0 N–H and O–H groups in total. The first-order valence-corrected chi connectivity index (χ1v) is 25.1. The third-order valence-electron chi connectivity index (χ3n) is 13.6. The summed E-state index contributed by atoms with van der Waals surface area (Å²) in [5.41, 5.74) is 11.6. The fourth-order valence-electron chi connectivity index (χ4n) is 10.5. The minimum absolute atomic E-state index is 1.09. The second-order valence-corrected chi connectivity index (χ2v) is 21.1. The van der Waals surface area contributed by atoms with Crippen LogP contribution in [0.1, 0.15) is 0 Å². The molecule has 11 aromatic carbocycles. The Balaban J connectivity index is 1.06. The predicted octanol–water partition coefficient (Wildman–Crippen LogP) is 14.1. The van der Waals surface area contributed by atoms with Gasteiger partial charge in [-0.05, 0) is 108 Å². The third-order valence-corrected chi connectivity index (χ3v) is 18.4. The van der Waals surface area contributed by atoms with Crippen LogP contribution in [-0.2, 0) is 0 Å². The van der Waals surface area contributed by atoms with Gasteiger partial charge < -0.3 is 9.47 Å². The molecule has 0 radical (unpaired) electrons. The summed E-state index contributed by atoms with van der Waals surface area (Å²) in [5, 5.41) is 10.3. The lowest BCUT2D eigenvalue weighted by Gasteiger charge is -2.35. The van der Waals surface area contributed by atoms with Crippen LogP contribution in [0, 0.1) is 0 Å². The van der Waals surface area contributed by atoms with E-state index in [0.717, 1.165) is 28.3 Å². The van der Waals surface area contributed by atoms with Crippen LogP contribution in [0.15, 0.2) is 279 Å². The molecule has 0 amide bonds. The van der Waals surface area contributed by atoms with Gasteiger partial charge in [0.2, 0.25) is 0 Å². The van der Waals surface area contributed by atoms with Gasteiger partial charge in [0.1, 0.15) is 0 Å². The Kier molecular flexibility index (Phi) is 10.2. The number of hydrogen-bond donors (Lipinski definition) is 0. The largest absolute Gasteiger partial charge is 0.310 e. The summed E-state index contributed by atoms with van der Waals surface area (Å²) < 4.78 is 2.42. The zero-order chi connectivity index (χ0) is 44.6. The van der Waals surface area contributed by atoms with Gasteiger partial charge in [-0.1, -0.05) is 224 Å². The maximum absolute atomic E-state index is 2.75. The standard InChI is InChI=1S/C64H46N2Si/c1-5-19-47(20-6-1)48-35-39-53(40-36-48)66-61-32-16-15-30-60(61)64-62(33-18-34-63(64)66)65(51-41-37-50(38-42-51)59-31-17-22-49-21-13-14-29-58(49)59)52-43-45-57(46-44-52)67(54-23-7-2-8-24-54,55-25-9-3-10-26-55)56-27-11-4-12-28-56/h1-46H. The summed E-state index contributed by atoms with van der Waals surface area (Å²) in [6.07, 6.45) is 0. The number of para-hydroxylation sites is 1. The molecule has 1 heterocycles. The summed E-state index contributed by atoms with van der Waals surface area (Å²) >= 11 is 0. The van der Waals surface area contributed by atoms with Crippen molar-refractivity contribution in [3.8, 4) is 27.9 Å². The van der Waals surface area contributed by atoms with Crippen LogP contribution < -0.4 is 25.6 Å². The van der Waals surface area contributed by atoms with Crippen molar-refractivity contribution in [2.75, 3.05) is 4.90 Å². The van der Waals surface area contributed by atoms with Crippen molar-refractivity contribution < 1.29 is 0 Å². The van der Waals surface area contributed by atoms with Crippen molar-refractivity contribution in [2.24, 2.45) is 0 Å². The van der Waals surface area contributed by atoms with E-state index in [1.54, 1.807) is 0 Å². The van der Waals surface area contributed by atoms with E-state index in [4.69, 9.17) is 0 Å². The van der Waals surface area contributed by atoms with E-state index in [9.17, 15) is 0 Å². The van der Waals surface area contributed by atoms with Gasteiger partial charge in [-0.3, -0.25) is 0 Å². The first kappa shape index (κ1) is 40.0. The molecule has 0 spiro atoms. The highest BCUT2D eigenvalue weighted by molar-refractivity contribution is 7.19. The first-order valence-electron chi connectivity index (χ1n) is 23.1. The number of nitrogens with zero attached hydrogens (tertiary/aromatic N) is 2. The van der Waals surface area contributed by atoms with Crippen LogP contribution >= 0.6 is 0 Å². The molecule has 3 heteroatoms. The van der Waals surface area contributed by atoms with Crippen molar-refractivity contribution in [1.82, 2.24) is 4.57 Å². The van der Waals surface area contributed by atoms with Crippen molar-refractivity contribution in [3.05, 3.63) is 279 Å². The average Bonchev–Trinajstić information content (AvgIpc) is 3.76. The molecule has 12 rings (SSSR count). The van der Waals surface area contributed by atoms with Crippen LogP contribution in [0.5, 0.6) is 0 Å². The number of hydrogen-bond acceptors (Lipinski definition) is 1. The number of benzene rings is 11. The Morgan fingerprint density at radius 2 is 0.746 bits per heavy atom. The minimum Gasteiger partial charge on any atom is -0.310 e. The van der Waals surface area contributed by atoms with Gasteiger partial charge in [0.05, 0.1) is 16.7 Å². The van der Waals surface area contributed by atoms with Crippen LogP contribution in [0.4, 0.5) is 17.1 Å². The van der Waals surface area contributed by atoms with Crippen molar-refractivity contribution in [2.45, 2.75) is 0 Å². The van der Waals surface area contributed by atoms with E-state index in [2.05, 4.69) is 289 Å². The Morgan fingerprint density at radius 3 is 1.37 bits per heavy atom. The van der Waals surface area contributed by atoms with Crippen molar-refractivity contribution >= 4 is 78.5 Å². The second-order valence-electron chi connectivity index (χ2n) is 17.2. The fourth-order valence-corrected chi connectivity index (χ4v) is 15.3. The average molecular weight is 871 g/mol. The number of aromatic nitrogens is 1. The van der Waals surface area contributed by atoms with E-state index >= 15 is 0 Å². The SMILES string of the molecule is c1ccc(-c2ccc(-n3c4ccccc4c4c(N(c5ccc(-c6cccc7ccccc67)cc5)c5ccc([Si](c6ccccc6)(c6ccccc6)c6ccccc6)cc5)cccc43)cc2)cc1. The Morgan fingerprint density at radius 1 is 0.299 bits per heavy atom. The van der Waals surface area contributed by atoms with Crippen LogP contribution in [0.2, 0.25) is 0 Å². The second kappa shape index (κ2) is 17.1. The molecule has 12 aromatic rings. The molecular weight excluding hydrogens is 825 g/mol. The van der Waals surface area contributed by atoms with Gasteiger partial charge in [0.25, 0.3) is 0 Å². The molecule has 67 heavy (non-hydrogen) atoms. The molecule has 0 saturated carbocycles. The van der Waals surface area contributed by atoms with Crippen LogP contribution in [-0.4, -0.2) is 12.6 Å². The van der Waals surface area contributed by atoms with Crippen molar-refractivity contribution in [3.63, 3.8) is 0 Å². The zero-order valence-corrected chi connectivity index (χ0v) is 38.0. The van der Waals surface area contributed by atoms with E-state index in [1.165, 1.54) is 70.1 Å². The molecule has 0 aliphatic carbocycles. The maximum atomic E-state index is 2.46. The van der Waals surface area contributed by atoms with E-state index in [1.807, 2.05) is 0 Å². The highest BCUT2D eigenvalue weighted by Gasteiger charge is 2.41. The maximum Gasteiger partial charge on any atom is 0.179 e. The van der Waals surface area contributed by atoms with E-state index in [-0.39, 0.29) is 0 Å². The number of rotatable bonds is 10. The summed E-state index contributed by atoms with van der Waals surface area (Å²) in [6.45, 7) is 0. The highest BCUT2D eigenvalue weighted by Crippen LogP contribution is 2.44. The number of fused-ring (bicyclic) bond motifs is 4. The zero-order valence-electron chi connectivity index (χ0n) is 37.0. The molecule has 0 unspecified atom stereocenters. The third kappa shape index (κ3) is 6.96. The number of anilines is 3. The normalized spacial score (nSPS) is 11.6. The molecule has 2 nitrogen and oxygen atoms in total. The lowest BCUT2D eigenvalue weighted by molar-refractivity contribution is 1.18.